The van der Waals surface area contributed by atoms with Crippen molar-refractivity contribution in [3.8, 4) is 11.5 Å². The Morgan fingerprint density at radius 2 is 1.70 bits per heavy atom. The van der Waals surface area contributed by atoms with E-state index in [-0.39, 0.29) is 0 Å². The Balaban J connectivity index is 1.94. The van der Waals surface area contributed by atoms with Crippen LogP contribution in [0.25, 0.3) is 0 Å². The summed E-state index contributed by atoms with van der Waals surface area (Å²) in [5.41, 5.74) is 1.25. The molecule has 20 heavy (non-hydrogen) atoms. The Labute approximate surface area is 122 Å². The van der Waals surface area contributed by atoms with Gasteiger partial charge in [0.05, 0.1) is 14.2 Å². The molecule has 112 valence electrons. The fourth-order valence-electron chi connectivity index (χ4n) is 2.91. The molecule has 0 amide bonds. The van der Waals surface area contributed by atoms with Crippen LogP contribution in [0.5, 0.6) is 11.5 Å². The van der Waals surface area contributed by atoms with Gasteiger partial charge in [-0.2, -0.15) is 0 Å². The average molecular weight is 277 g/mol. The number of rotatable bonds is 6. The summed E-state index contributed by atoms with van der Waals surface area (Å²) in [6, 6.07) is 7.15. The van der Waals surface area contributed by atoms with Gasteiger partial charge in [0.2, 0.25) is 0 Å². The molecule has 1 saturated carbocycles. The third-order valence-corrected chi connectivity index (χ3v) is 4.51. The normalized spacial score (nSPS) is 23.3. The molecule has 1 atom stereocenters. The standard InChI is InChI=1S/C17H27NO2/c1-11(2)14-8-15(9-14)18-12(3)13-6-7-16(19-4)17(10-13)20-5/h6-7,10-12,14-15,18H,8-9H2,1-5H3. The van der Waals surface area contributed by atoms with E-state index in [1.165, 1.54) is 18.4 Å². The molecule has 1 aliphatic carbocycles. The second kappa shape index (κ2) is 6.49. The highest BCUT2D eigenvalue weighted by molar-refractivity contribution is 5.43. The first-order valence-corrected chi connectivity index (χ1v) is 7.53. The van der Waals surface area contributed by atoms with Gasteiger partial charge in [0.1, 0.15) is 0 Å². The van der Waals surface area contributed by atoms with Crippen molar-refractivity contribution in [1.82, 2.24) is 5.32 Å². The lowest BCUT2D eigenvalue weighted by Gasteiger charge is -2.40. The molecule has 0 radical (unpaired) electrons. The molecule has 1 fully saturated rings. The zero-order chi connectivity index (χ0) is 14.7. The van der Waals surface area contributed by atoms with E-state index in [2.05, 4.69) is 38.2 Å². The summed E-state index contributed by atoms with van der Waals surface area (Å²) < 4.78 is 10.6. The monoisotopic (exact) mass is 277 g/mol. The van der Waals surface area contributed by atoms with E-state index in [4.69, 9.17) is 9.47 Å². The minimum absolute atomic E-state index is 0.341. The van der Waals surface area contributed by atoms with Gasteiger partial charge in [-0.05, 0) is 49.3 Å². The Morgan fingerprint density at radius 3 is 2.25 bits per heavy atom. The Kier molecular flexibility index (Phi) is 4.92. The molecule has 3 nitrogen and oxygen atoms in total. The van der Waals surface area contributed by atoms with E-state index in [9.17, 15) is 0 Å². The van der Waals surface area contributed by atoms with Crippen molar-refractivity contribution >= 4 is 0 Å². The van der Waals surface area contributed by atoms with Crippen LogP contribution in [0.4, 0.5) is 0 Å². The molecule has 0 aromatic heterocycles. The molecule has 1 unspecified atom stereocenters. The molecule has 0 spiro atoms. The minimum atomic E-state index is 0.341. The van der Waals surface area contributed by atoms with E-state index in [1.807, 2.05) is 6.07 Å². The summed E-state index contributed by atoms with van der Waals surface area (Å²) in [5, 5.41) is 3.71. The van der Waals surface area contributed by atoms with Gasteiger partial charge in [0.25, 0.3) is 0 Å². The molecule has 3 heteroatoms. The lowest BCUT2D eigenvalue weighted by Crippen LogP contribution is -2.43. The van der Waals surface area contributed by atoms with Crippen LogP contribution in [-0.4, -0.2) is 20.3 Å². The van der Waals surface area contributed by atoms with Gasteiger partial charge >= 0.3 is 0 Å². The molecule has 1 aromatic rings. The molecule has 0 saturated heterocycles. The van der Waals surface area contributed by atoms with Gasteiger partial charge in [0.15, 0.2) is 11.5 Å². The van der Waals surface area contributed by atoms with Crippen molar-refractivity contribution in [2.75, 3.05) is 14.2 Å². The maximum Gasteiger partial charge on any atom is 0.161 e. The van der Waals surface area contributed by atoms with Crippen LogP contribution in [0.2, 0.25) is 0 Å². The predicted molar refractivity (Wildman–Crippen MR) is 82.4 cm³/mol. The first kappa shape index (κ1) is 15.2. The summed E-state index contributed by atoms with van der Waals surface area (Å²) in [7, 11) is 3.35. The van der Waals surface area contributed by atoms with Crippen LogP contribution in [0, 0.1) is 11.8 Å². The zero-order valence-corrected chi connectivity index (χ0v) is 13.3. The molecule has 0 heterocycles. The molecule has 2 rings (SSSR count). The Morgan fingerprint density at radius 1 is 1.05 bits per heavy atom. The summed E-state index contributed by atoms with van der Waals surface area (Å²) >= 11 is 0. The average Bonchev–Trinajstić information content (AvgIpc) is 2.40. The summed E-state index contributed by atoms with van der Waals surface area (Å²) in [6.45, 7) is 6.85. The van der Waals surface area contributed by atoms with E-state index < -0.39 is 0 Å². The third kappa shape index (κ3) is 3.26. The maximum atomic E-state index is 5.37. The summed E-state index contributed by atoms with van der Waals surface area (Å²) in [4.78, 5) is 0. The van der Waals surface area contributed by atoms with Crippen molar-refractivity contribution in [3.63, 3.8) is 0 Å². The molecular formula is C17H27NO2. The van der Waals surface area contributed by atoms with E-state index in [0.29, 0.717) is 12.1 Å². The van der Waals surface area contributed by atoms with Crippen LogP contribution >= 0.6 is 0 Å². The first-order chi connectivity index (χ1) is 9.55. The van der Waals surface area contributed by atoms with E-state index in [1.54, 1.807) is 14.2 Å². The number of hydrogen-bond donors (Lipinski definition) is 1. The van der Waals surface area contributed by atoms with Crippen molar-refractivity contribution in [1.29, 1.82) is 0 Å². The molecule has 1 aliphatic rings. The van der Waals surface area contributed by atoms with Crippen LogP contribution in [0.15, 0.2) is 18.2 Å². The quantitative estimate of drug-likeness (QED) is 0.858. The molecular weight excluding hydrogens is 250 g/mol. The second-order valence-electron chi connectivity index (χ2n) is 6.18. The van der Waals surface area contributed by atoms with E-state index in [0.717, 1.165) is 23.3 Å². The van der Waals surface area contributed by atoms with E-state index >= 15 is 0 Å². The number of nitrogens with one attached hydrogen (secondary N) is 1. The maximum absolute atomic E-state index is 5.37. The number of hydrogen-bond acceptors (Lipinski definition) is 3. The number of ether oxygens (including phenoxy) is 2. The highest BCUT2D eigenvalue weighted by Gasteiger charge is 2.31. The molecule has 1 aromatic carbocycles. The first-order valence-electron chi connectivity index (χ1n) is 7.53. The fraction of sp³-hybridized carbons (Fsp3) is 0.647. The van der Waals surface area contributed by atoms with Gasteiger partial charge in [0, 0.05) is 12.1 Å². The van der Waals surface area contributed by atoms with Crippen LogP contribution < -0.4 is 14.8 Å². The van der Waals surface area contributed by atoms with Crippen LogP contribution in [0.1, 0.15) is 45.2 Å². The summed E-state index contributed by atoms with van der Waals surface area (Å²) in [6.07, 6.45) is 2.60. The molecule has 0 bridgehead atoms. The van der Waals surface area contributed by atoms with Gasteiger partial charge in [-0.1, -0.05) is 19.9 Å². The van der Waals surface area contributed by atoms with Gasteiger partial charge in [-0.15, -0.1) is 0 Å². The number of methoxy groups -OCH3 is 2. The van der Waals surface area contributed by atoms with Crippen molar-refractivity contribution in [2.24, 2.45) is 11.8 Å². The Bertz CT molecular complexity index is 439. The SMILES string of the molecule is COc1ccc(C(C)NC2CC(C(C)C)C2)cc1OC. The zero-order valence-electron chi connectivity index (χ0n) is 13.3. The van der Waals surface area contributed by atoms with Crippen molar-refractivity contribution in [3.05, 3.63) is 23.8 Å². The third-order valence-electron chi connectivity index (χ3n) is 4.51. The second-order valence-corrected chi connectivity index (χ2v) is 6.18. The highest BCUT2D eigenvalue weighted by Crippen LogP contribution is 2.36. The van der Waals surface area contributed by atoms with Gasteiger partial charge in [-0.25, -0.2) is 0 Å². The molecule has 1 N–H and O–H groups in total. The highest BCUT2D eigenvalue weighted by atomic mass is 16.5. The van der Waals surface area contributed by atoms with Crippen molar-refractivity contribution < 1.29 is 9.47 Å². The smallest absolute Gasteiger partial charge is 0.161 e. The minimum Gasteiger partial charge on any atom is -0.493 e. The number of benzene rings is 1. The predicted octanol–water partition coefficient (Wildman–Crippen LogP) is 3.79. The van der Waals surface area contributed by atoms with Gasteiger partial charge < -0.3 is 14.8 Å². The summed E-state index contributed by atoms with van der Waals surface area (Å²) in [5.74, 6) is 3.29. The lowest BCUT2D eigenvalue weighted by atomic mass is 9.73. The topological polar surface area (TPSA) is 30.5 Å². The fourth-order valence-corrected chi connectivity index (χ4v) is 2.91. The van der Waals surface area contributed by atoms with Crippen LogP contribution in [0.3, 0.4) is 0 Å². The largest absolute Gasteiger partial charge is 0.493 e. The lowest BCUT2D eigenvalue weighted by molar-refractivity contribution is 0.159. The van der Waals surface area contributed by atoms with Gasteiger partial charge in [-0.3, -0.25) is 0 Å². The van der Waals surface area contributed by atoms with Crippen molar-refractivity contribution in [2.45, 2.75) is 45.7 Å². The van der Waals surface area contributed by atoms with Crippen LogP contribution in [-0.2, 0) is 0 Å². The Hall–Kier alpha value is -1.22. The molecule has 0 aliphatic heterocycles.